The molecule has 0 fully saturated rings. The van der Waals surface area contributed by atoms with Gasteiger partial charge in [0.15, 0.2) is 24.8 Å². The lowest BCUT2D eigenvalue weighted by Crippen LogP contribution is -2.34. The molecule has 2 rings (SSSR count). The SMILES string of the molecule is CCOC[n+]1ccc(Cc2cc[n+](C)cc2)cc1. The predicted octanol–water partition coefficient (Wildman–Crippen LogP) is 1.38. The molecule has 94 valence electrons. The Kier molecular flexibility index (Phi) is 4.42. The van der Waals surface area contributed by atoms with Crippen LogP contribution < -0.4 is 9.13 Å². The van der Waals surface area contributed by atoms with Crippen molar-refractivity contribution in [1.82, 2.24) is 0 Å². The van der Waals surface area contributed by atoms with E-state index in [1.165, 1.54) is 11.1 Å². The smallest absolute Gasteiger partial charge is 0.252 e. The maximum absolute atomic E-state index is 5.35. The number of pyridine rings is 2. The van der Waals surface area contributed by atoms with Crippen molar-refractivity contribution in [3.63, 3.8) is 0 Å². The molecule has 0 aliphatic carbocycles. The summed E-state index contributed by atoms with van der Waals surface area (Å²) in [6.07, 6.45) is 9.25. The maximum atomic E-state index is 5.35. The van der Waals surface area contributed by atoms with Crippen molar-refractivity contribution in [2.45, 2.75) is 20.1 Å². The minimum atomic E-state index is 0.623. The molecule has 2 aromatic rings. The molecule has 0 saturated carbocycles. The van der Waals surface area contributed by atoms with Crippen molar-refractivity contribution < 1.29 is 13.9 Å². The molecule has 3 nitrogen and oxygen atoms in total. The van der Waals surface area contributed by atoms with Gasteiger partial charge in [-0.25, -0.2) is 4.57 Å². The van der Waals surface area contributed by atoms with Gasteiger partial charge in [-0.05, 0) is 24.5 Å². The van der Waals surface area contributed by atoms with Gasteiger partial charge in [0, 0.05) is 24.3 Å². The Labute approximate surface area is 108 Å². The molecule has 0 amide bonds. The number of hydrogen-bond acceptors (Lipinski definition) is 1. The highest BCUT2D eigenvalue weighted by Crippen LogP contribution is 2.05. The van der Waals surface area contributed by atoms with Crippen LogP contribution in [-0.2, 0) is 24.9 Å². The van der Waals surface area contributed by atoms with Gasteiger partial charge < -0.3 is 4.74 Å². The van der Waals surface area contributed by atoms with Crippen LogP contribution in [0.5, 0.6) is 0 Å². The van der Waals surface area contributed by atoms with Gasteiger partial charge in [0.1, 0.15) is 7.05 Å². The standard InChI is InChI=1S/C15H20N2O/c1-3-18-13-17-10-6-15(7-11-17)12-14-4-8-16(2)9-5-14/h4-11H,3,12-13H2,1-2H3/q+2. The maximum Gasteiger partial charge on any atom is 0.252 e. The fourth-order valence-corrected chi connectivity index (χ4v) is 1.77. The predicted molar refractivity (Wildman–Crippen MR) is 68.7 cm³/mol. The zero-order chi connectivity index (χ0) is 12.8. The second-order valence-electron chi connectivity index (χ2n) is 4.39. The van der Waals surface area contributed by atoms with Gasteiger partial charge in [-0.15, -0.1) is 0 Å². The summed E-state index contributed by atoms with van der Waals surface area (Å²) in [5.74, 6) is 0. The molecule has 0 unspecified atom stereocenters. The van der Waals surface area contributed by atoms with Crippen LogP contribution in [0.2, 0.25) is 0 Å². The molecule has 0 bridgehead atoms. The quantitative estimate of drug-likeness (QED) is 0.726. The number of hydrogen-bond donors (Lipinski definition) is 0. The van der Waals surface area contributed by atoms with Gasteiger partial charge in [0.2, 0.25) is 0 Å². The van der Waals surface area contributed by atoms with Crippen molar-refractivity contribution >= 4 is 0 Å². The van der Waals surface area contributed by atoms with E-state index in [4.69, 9.17) is 4.74 Å². The van der Waals surface area contributed by atoms with Crippen molar-refractivity contribution in [2.75, 3.05) is 6.61 Å². The molecule has 0 aliphatic heterocycles. The largest absolute Gasteiger partial charge is 0.324 e. The first-order chi connectivity index (χ1) is 8.78. The first-order valence-electron chi connectivity index (χ1n) is 6.28. The Morgan fingerprint density at radius 2 is 1.50 bits per heavy atom. The number of rotatable bonds is 5. The Hall–Kier alpha value is -1.74. The molecule has 0 aliphatic rings. The second kappa shape index (κ2) is 6.26. The van der Waals surface area contributed by atoms with E-state index >= 15 is 0 Å². The summed E-state index contributed by atoms with van der Waals surface area (Å²) < 4.78 is 9.44. The van der Waals surface area contributed by atoms with Gasteiger partial charge in [0.25, 0.3) is 6.73 Å². The monoisotopic (exact) mass is 244 g/mol. The van der Waals surface area contributed by atoms with Crippen LogP contribution in [0.1, 0.15) is 18.1 Å². The molecule has 3 heteroatoms. The van der Waals surface area contributed by atoms with Crippen molar-refractivity contribution in [2.24, 2.45) is 7.05 Å². The molecule has 0 saturated heterocycles. The Balaban J connectivity index is 1.99. The van der Waals surface area contributed by atoms with E-state index in [0.29, 0.717) is 6.73 Å². The molecule has 18 heavy (non-hydrogen) atoms. The summed E-state index contributed by atoms with van der Waals surface area (Å²) in [6.45, 7) is 3.37. The first-order valence-corrected chi connectivity index (χ1v) is 6.28. The first kappa shape index (κ1) is 12.7. The highest BCUT2D eigenvalue weighted by atomic mass is 16.5. The summed E-state index contributed by atoms with van der Waals surface area (Å²) in [6, 6.07) is 8.60. The molecule has 0 atom stereocenters. The van der Waals surface area contributed by atoms with Gasteiger partial charge in [-0.1, -0.05) is 0 Å². The van der Waals surface area contributed by atoms with Gasteiger partial charge in [-0.2, -0.15) is 4.57 Å². The van der Waals surface area contributed by atoms with Crippen LogP contribution >= 0.6 is 0 Å². The number of ether oxygens (including phenoxy) is 1. The average molecular weight is 244 g/mol. The fourth-order valence-electron chi connectivity index (χ4n) is 1.77. The summed E-state index contributed by atoms with van der Waals surface area (Å²) in [5.41, 5.74) is 2.65. The molecular weight excluding hydrogens is 224 g/mol. The molecule has 0 spiro atoms. The zero-order valence-electron chi connectivity index (χ0n) is 11.0. The number of aromatic nitrogens is 2. The summed E-state index contributed by atoms with van der Waals surface area (Å²) >= 11 is 0. The van der Waals surface area contributed by atoms with Crippen LogP contribution in [0.3, 0.4) is 0 Å². The van der Waals surface area contributed by atoms with Crippen LogP contribution in [0.15, 0.2) is 49.1 Å². The van der Waals surface area contributed by atoms with E-state index in [-0.39, 0.29) is 0 Å². The third-order valence-electron chi connectivity index (χ3n) is 2.86. The second-order valence-corrected chi connectivity index (χ2v) is 4.39. The normalized spacial score (nSPS) is 10.6. The van der Waals surface area contributed by atoms with Gasteiger partial charge in [0.05, 0.1) is 6.61 Å². The lowest BCUT2D eigenvalue weighted by atomic mass is 10.1. The van der Waals surface area contributed by atoms with E-state index in [0.717, 1.165) is 13.0 Å². The Morgan fingerprint density at radius 3 is 2.06 bits per heavy atom. The third kappa shape index (κ3) is 3.64. The minimum absolute atomic E-state index is 0.623. The van der Waals surface area contributed by atoms with E-state index < -0.39 is 0 Å². The van der Waals surface area contributed by atoms with E-state index in [1.807, 2.05) is 23.1 Å². The van der Waals surface area contributed by atoms with Crippen LogP contribution in [0.4, 0.5) is 0 Å². The van der Waals surface area contributed by atoms with E-state index in [2.05, 4.69) is 49.1 Å². The minimum Gasteiger partial charge on any atom is -0.324 e. The fraction of sp³-hybridized carbons (Fsp3) is 0.333. The van der Waals surface area contributed by atoms with Crippen molar-refractivity contribution in [1.29, 1.82) is 0 Å². The lowest BCUT2D eigenvalue weighted by Gasteiger charge is -2.01. The average Bonchev–Trinajstić information content (AvgIpc) is 2.41. The molecule has 0 N–H and O–H groups in total. The topological polar surface area (TPSA) is 17.0 Å². The number of aryl methyl sites for hydroxylation is 1. The zero-order valence-corrected chi connectivity index (χ0v) is 11.0. The lowest BCUT2D eigenvalue weighted by molar-refractivity contribution is -0.732. The Bertz CT molecular complexity index is 477. The van der Waals surface area contributed by atoms with Crippen LogP contribution in [0.25, 0.3) is 0 Å². The summed E-state index contributed by atoms with van der Waals surface area (Å²) in [7, 11) is 2.03. The highest BCUT2D eigenvalue weighted by molar-refractivity contribution is 5.20. The third-order valence-corrected chi connectivity index (χ3v) is 2.86. The van der Waals surface area contributed by atoms with Crippen molar-refractivity contribution in [3.8, 4) is 0 Å². The Morgan fingerprint density at radius 1 is 0.944 bits per heavy atom. The van der Waals surface area contributed by atoms with E-state index in [9.17, 15) is 0 Å². The number of nitrogens with zero attached hydrogens (tertiary/aromatic N) is 2. The molecular formula is C15H20N2O+2. The molecule has 2 aromatic heterocycles. The summed E-state index contributed by atoms with van der Waals surface area (Å²) in [4.78, 5) is 0. The summed E-state index contributed by atoms with van der Waals surface area (Å²) in [5, 5.41) is 0. The van der Waals surface area contributed by atoms with E-state index in [1.54, 1.807) is 0 Å². The van der Waals surface area contributed by atoms with Crippen LogP contribution in [0, 0.1) is 0 Å². The van der Waals surface area contributed by atoms with Crippen LogP contribution in [-0.4, -0.2) is 6.61 Å². The molecule has 2 heterocycles. The van der Waals surface area contributed by atoms with Crippen molar-refractivity contribution in [3.05, 3.63) is 60.2 Å². The molecule has 0 aromatic carbocycles. The molecule has 0 radical (unpaired) electrons. The van der Waals surface area contributed by atoms with Gasteiger partial charge >= 0.3 is 0 Å². The van der Waals surface area contributed by atoms with Gasteiger partial charge in [-0.3, -0.25) is 0 Å². The highest BCUT2D eigenvalue weighted by Gasteiger charge is 2.02.